The van der Waals surface area contributed by atoms with Crippen molar-refractivity contribution in [3.63, 3.8) is 0 Å². The second-order valence-electron chi connectivity index (χ2n) is 6.17. The van der Waals surface area contributed by atoms with Gasteiger partial charge >= 0.3 is 6.03 Å². The summed E-state index contributed by atoms with van der Waals surface area (Å²) in [7, 11) is 0. The Morgan fingerprint density at radius 1 is 1.29 bits per heavy atom. The Morgan fingerprint density at radius 2 is 1.90 bits per heavy atom. The van der Waals surface area contributed by atoms with E-state index in [1.807, 2.05) is 45.0 Å². The van der Waals surface area contributed by atoms with Crippen LogP contribution in [0.3, 0.4) is 0 Å². The highest BCUT2D eigenvalue weighted by Gasteiger charge is 2.35. The molecule has 1 aliphatic heterocycles. The van der Waals surface area contributed by atoms with E-state index in [1.165, 1.54) is 10.5 Å². The van der Waals surface area contributed by atoms with Gasteiger partial charge in [-0.3, -0.25) is 4.79 Å². The van der Waals surface area contributed by atoms with Crippen LogP contribution in [0.5, 0.6) is 0 Å². The minimum atomic E-state index is -0.527. The minimum Gasteiger partial charge on any atom is -0.351 e. The summed E-state index contributed by atoms with van der Waals surface area (Å²) in [6, 6.07) is 7.09. The van der Waals surface area contributed by atoms with E-state index in [-0.39, 0.29) is 5.91 Å². The van der Waals surface area contributed by atoms with Crippen LogP contribution in [0.1, 0.15) is 37.8 Å². The maximum absolute atomic E-state index is 12.5. The van der Waals surface area contributed by atoms with Crippen LogP contribution in [-0.4, -0.2) is 29.4 Å². The Balaban J connectivity index is 2.10. The van der Waals surface area contributed by atoms with E-state index in [0.717, 1.165) is 12.0 Å². The van der Waals surface area contributed by atoms with Crippen LogP contribution in [0.4, 0.5) is 4.79 Å². The molecule has 5 heteroatoms. The van der Waals surface area contributed by atoms with Gasteiger partial charge in [0.25, 0.3) is 0 Å². The number of aryl methyl sites for hydroxylation is 1. The molecule has 3 N–H and O–H groups in total. The molecule has 1 aliphatic rings. The summed E-state index contributed by atoms with van der Waals surface area (Å²) in [6.07, 6.45) is 1.48. The molecule has 0 spiro atoms. The number of amides is 3. The Hall–Kier alpha value is -2.04. The fraction of sp³-hybridized carbons (Fsp3) is 0.500. The molecule has 0 bridgehead atoms. The van der Waals surface area contributed by atoms with Gasteiger partial charge in [-0.25, -0.2) is 4.79 Å². The van der Waals surface area contributed by atoms with E-state index in [0.29, 0.717) is 13.0 Å². The van der Waals surface area contributed by atoms with E-state index < -0.39 is 17.6 Å². The zero-order valence-electron chi connectivity index (χ0n) is 12.8. The molecule has 2 rings (SSSR count). The fourth-order valence-corrected chi connectivity index (χ4v) is 2.74. The molecule has 0 saturated carbocycles. The average molecular weight is 289 g/mol. The van der Waals surface area contributed by atoms with Gasteiger partial charge in [-0.2, -0.15) is 0 Å². The number of urea groups is 1. The van der Waals surface area contributed by atoms with Crippen molar-refractivity contribution in [2.45, 2.75) is 45.2 Å². The van der Waals surface area contributed by atoms with Crippen molar-refractivity contribution in [2.75, 3.05) is 6.54 Å². The molecular weight excluding hydrogens is 266 g/mol. The second kappa shape index (κ2) is 5.76. The standard InChI is InChI=1S/C16H23N3O2/c1-11-6-8-12(9-7-11)16(2,3)18-14(20)13-5-4-10-19(13)15(17)21/h6-9,13H,4-5,10H2,1-3H3,(H2,17,21)(H,18,20). The molecule has 114 valence electrons. The molecule has 0 aromatic heterocycles. The van der Waals surface area contributed by atoms with Gasteiger partial charge in [0, 0.05) is 6.54 Å². The lowest BCUT2D eigenvalue weighted by molar-refractivity contribution is -0.126. The highest BCUT2D eigenvalue weighted by atomic mass is 16.2. The van der Waals surface area contributed by atoms with E-state index in [4.69, 9.17) is 5.73 Å². The van der Waals surface area contributed by atoms with Crippen molar-refractivity contribution in [3.8, 4) is 0 Å². The van der Waals surface area contributed by atoms with Crippen LogP contribution in [0.15, 0.2) is 24.3 Å². The maximum Gasteiger partial charge on any atom is 0.315 e. The van der Waals surface area contributed by atoms with Gasteiger partial charge in [-0.1, -0.05) is 29.8 Å². The monoisotopic (exact) mass is 289 g/mol. The highest BCUT2D eigenvalue weighted by molar-refractivity contribution is 5.87. The zero-order valence-corrected chi connectivity index (χ0v) is 12.8. The molecule has 1 aromatic carbocycles. The number of primary amides is 1. The van der Waals surface area contributed by atoms with E-state index >= 15 is 0 Å². The van der Waals surface area contributed by atoms with Gasteiger partial charge in [0.15, 0.2) is 0 Å². The predicted octanol–water partition coefficient (Wildman–Crippen LogP) is 1.89. The normalized spacial score (nSPS) is 18.6. The topological polar surface area (TPSA) is 75.4 Å². The molecule has 1 aromatic rings. The van der Waals surface area contributed by atoms with Crippen molar-refractivity contribution in [1.82, 2.24) is 10.2 Å². The van der Waals surface area contributed by atoms with Gasteiger partial charge in [0.2, 0.25) is 5.91 Å². The number of carbonyl (C=O) groups excluding carboxylic acids is 2. The summed E-state index contributed by atoms with van der Waals surface area (Å²) in [5.74, 6) is -0.142. The van der Waals surface area contributed by atoms with E-state index in [1.54, 1.807) is 0 Å². The molecule has 0 aliphatic carbocycles. The van der Waals surface area contributed by atoms with E-state index in [2.05, 4.69) is 5.32 Å². The fourth-order valence-electron chi connectivity index (χ4n) is 2.74. The van der Waals surface area contributed by atoms with Gasteiger partial charge in [-0.15, -0.1) is 0 Å². The lowest BCUT2D eigenvalue weighted by Crippen LogP contribution is -2.52. The van der Waals surface area contributed by atoms with Crippen molar-refractivity contribution < 1.29 is 9.59 Å². The smallest absolute Gasteiger partial charge is 0.315 e. The predicted molar refractivity (Wildman–Crippen MR) is 81.7 cm³/mol. The Labute approximate surface area is 125 Å². The summed E-state index contributed by atoms with van der Waals surface area (Å²) in [4.78, 5) is 25.3. The Morgan fingerprint density at radius 3 is 2.48 bits per heavy atom. The van der Waals surface area contributed by atoms with Crippen molar-refractivity contribution in [2.24, 2.45) is 5.73 Å². The van der Waals surface area contributed by atoms with Crippen LogP contribution in [-0.2, 0) is 10.3 Å². The number of benzene rings is 1. The number of nitrogens with zero attached hydrogens (tertiary/aromatic N) is 1. The molecular formula is C16H23N3O2. The Bertz CT molecular complexity index is 537. The maximum atomic E-state index is 12.5. The van der Waals surface area contributed by atoms with Crippen LogP contribution < -0.4 is 11.1 Å². The number of hydrogen-bond donors (Lipinski definition) is 2. The number of likely N-dealkylation sites (tertiary alicyclic amines) is 1. The molecule has 1 unspecified atom stereocenters. The van der Waals surface area contributed by atoms with Crippen molar-refractivity contribution in [1.29, 1.82) is 0 Å². The summed E-state index contributed by atoms with van der Waals surface area (Å²) >= 11 is 0. The first-order chi connectivity index (χ1) is 9.81. The molecule has 1 fully saturated rings. The molecule has 1 atom stereocenters. The van der Waals surface area contributed by atoms with E-state index in [9.17, 15) is 9.59 Å². The van der Waals surface area contributed by atoms with Gasteiger partial charge < -0.3 is 16.0 Å². The quantitative estimate of drug-likeness (QED) is 0.891. The number of carbonyl (C=O) groups is 2. The van der Waals surface area contributed by atoms with Crippen LogP contribution in [0.25, 0.3) is 0 Å². The average Bonchev–Trinajstić information content (AvgIpc) is 2.88. The SMILES string of the molecule is Cc1ccc(C(C)(C)NC(=O)C2CCCN2C(N)=O)cc1. The minimum absolute atomic E-state index is 0.142. The third-order valence-electron chi connectivity index (χ3n) is 4.05. The molecule has 1 heterocycles. The molecule has 3 amide bonds. The second-order valence-corrected chi connectivity index (χ2v) is 6.17. The van der Waals surface area contributed by atoms with Crippen molar-refractivity contribution >= 4 is 11.9 Å². The lowest BCUT2D eigenvalue weighted by Gasteiger charge is -2.30. The number of rotatable bonds is 3. The van der Waals surface area contributed by atoms with Gasteiger partial charge in [0.05, 0.1) is 5.54 Å². The molecule has 21 heavy (non-hydrogen) atoms. The van der Waals surface area contributed by atoms with Crippen LogP contribution >= 0.6 is 0 Å². The summed E-state index contributed by atoms with van der Waals surface area (Å²) in [6.45, 7) is 6.50. The van der Waals surface area contributed by atoms with Crippen LogP contribution in [0.2, 0.25) is 0 Å². The van der Waals surface area contributed by atoms with Crippen LogP contribution in [0, 0.1) is 6.92 Å². The van der Waals surface area contributed by atoms with Crippen molar-refractivity contribution in [3.05, 3.63) is 35.4 Å². The number of hydrogen-bond acceptors (Lipinski definition) is 2. The highest BCUT2D eigenvalue weighted by Crippen LogP contribution is 2.23. The number of nitrogens with one attached hydrogen (secondary N) is 1. The first-order valence-corrected chi connectivity index (χ1v) is 7.26. The third-order valence-corrected chi connectivity index (χ3v) is 4.05. The summed E-state index contributed by atoms with van der Waals surface area (Å²) < 4.78 is 0. The van der Waals surface area contributed by atoms with Gasteiger partial charge in [0.1, 0.15) is 6.04 Å². The third kappa shape index (κ3) is 3.35. The molecule has 5 nitrogen and oxygen atoms in total. The first kappa shape index (κ1) is 15.4. The molecule has 1 saturated heterocycles. The first-order valence-electron chi connectivity index (χ1n) is 7.26. The summed E-state index contributed by atoms with van der Waals surface area (Å²) in [5.41, 5.74) is 7.04. The van der Waals surface area contributed by atoms with Gasteiger partial charge in [-0.05, 0) is 39.2 Å². The largest absolute Gasteiger partial charge is 0.351 e. The lowest BCUT2D eigenvalue weighted by atomic mass is 9.93. The number of nitrogens with two attached hydrogens (primary N) is 1. The molecule has 0 radical (unpaired) electrons. The Kier molecular flexibility index (Phi) is 4.21. The summed E-state index contributed by atoms with van der Waals surface area (Å²) in [5, 5.41) is 3.03. The zero-order chi connectivity index (χ0) is 15.6.